The zero-order chi connectivity index (χ0) is 14.4. The molecule has 0 spiro atoms. The van der Waals surface area contributed by atoms with Gasteiger partial charge in [-0.05, 0) is 68.4 Å². The van der Waals surface area contributed by atoms with Gasteiger partial charge in [0.15, 0.2) is 0 Å². The standard InChI is InChI=1S/C18H24N2O/c1-20(19-17(21)16-5-3-2-4-6-16)18-10-13-7-14(11-18)9-15(8-13)12-18/h2-6,13-15H,7-12H2,1H3,(H,19,21). The summed E-state index contributed by atoms with van der Waals surface area (Å²) in [5.74, 6) is 2.71. The Balaban J connectivity index is 1.50. The van der Waals surface area contributed by atoms with E-state index in [1.165, 1.54) is 38.5 Å². The fourth-order valence-corrected chi connectivity index (χ4v) is 5.40. The molecule has 0 unspecified atom stereocenters. The maximum absolute atomic E-state index is 12.4. The molecule has 1 amide bonds. The summed E-state index contributed by atoms with van der Waals surface area (Å²) < 4.78 is 0. The van der Waals surface area contributed by atoms with Crippen LogP contribution in [0.5, 0.6) is 0 Å². The third-order valence-electron chi connectivity index (χ3n) is 6.02. The smallest absolute Gasteiger partial charge is 0.265 e. The molecule has 0 saturated heterocycles. The average molecular weight is 284 g/mol. The molecule has 4 fully saturated rings. The van der Waals surface area contributed by atoms with Gasteiger partial charge in [0.25, 0.3) is 5.91 Å². The van der Waals surface area contributed by atoms with E-state index in [-0.39, 0.29) is 11.4 Å². The molecule has 0 radical (unpaired) electrons. The first-order valence-corrected chi connectivity index (χ1v) is 8.24. The summed E-state index contributed by atoms with van der Waals surface area (Å²) in [6, 6.07) is 9.53. The summed E-state index contributed by atoms with van der Waals surface area (Å²) in [6.07, 6.45) is 8.10. The van der Waals surface area contributed by atoms with Crippen LogP contribution in [0.15, 0.2) is 30.3 Å². The van der Waals surface area contributed by atoms with Gasteiger partial charge in [-0.25, -0.2) is 5.01 Å². The highest BCUT2D eigenvalue weighted by atomic mass is 16.2. The number of nitrogens with one attached hydrogen (secondary N) is 1. The summed E-state index contributed by atoms with van der Waals surface area (Å²) in [5, 5.41) is 2.16. The normalized spacial score (nSPS) is 37.0. The van der Waals surface area contributed by atoms with Crippen molar-refractivity contribution in [2.75, 3.05) is 7.05 Å². The average Bonchev–Trinajstić information content (AvgIpc) is 2.46. The van der Waals surface area contributed by atoms with Crippen LogP contribution < -0.4 is 5.43 Å². The Morgan fingerprint density at radius 1 is 1.05 bits per heavy atom. The molecule has 4 aliphatic carbocycles. The Bertz CT molecular complexity index is 504. The second-order valence-corrected chi connectivity index (χ2v) is 7.51. The number of hydrogen-bond acceptors (Lipinski definition) is 2. The number of nitrogens with zero attached hydrogens (tertiary/aromatic N) is 1. The van der Waals surface area contributed by atoms with E-state index in [0.717, 1.165) is 23.3 Å². The molecule has 5 rings (SSSR count). The molecule has 4 aliphatic rings. The number of benzene rings is 1. The van der Waals surface area contributed by atoms with Crippen molar-refractivity contribution in [1.82, 2.24) is 10.4 Å². The fourth-order valence-electron chi connectivity index (χ4n) is 5.40. The zero-order valence-electron chi connectivity index (χ0n) is 12.7. The Hall–Kier alpha value is -1.35. The van der Waals surface area contributed by atoms with Gasteiger partial charge in [-0.1, -0.05) is 18.2 Å². The molecule has 1 aromatic carbocycles. The highest BCUT2D eigenvalue weighted by molar-refractivity contribution is 5.93. The molecule has 21 heavy (non-hydrogen) atoms. The lowest BCUT2D eigenvalue weighted by Gasteiger charge is -2.59. The maximum Gasteiger partial charge on any atom is 0.265 e. The van der Waals surface area contributed by atoms with Crippen LogP contribution in [0.4, 0.5) is 0 Å². The predicted molar refractivity (Wildman–Crippen MR) is 82.6 cm³/mol. The van der Waals surface area contributed by atoms with Crippen molar-refractivity contribution in [3.8, 4) is 0 Å². The van der Waals surface area contributed by atoms with E-state index in [2.05, 4.69) is 17.5 Å². The van der Waals surface area contributed by atoms with Gasteiger partial charge >= 0.3 is 0 Å². The molecule has 0 aromatic heterocycles. The first-order valence-electron chi connectivity index (χ1n) is 8.24. The first kappa shape index (κ1) is 13.3. The monoisotopic (exact) mass is 284 g/mol. The van der Waals surface area contributed by atoms with E-state index < -0.39 is 0 Å². The number of rotatable bonds is 3. The molecule has 1 N–H and O–H groups in total. The van der Waals surface area contributed by atoms with Crippen LogP contribution in [0.25, 0.3) is 0 Å². The topological polar surface area (TPSA) is 32.3 Å². The van der Waals surface area contributed by atoms with Crippen LogP contribution >= 0.6 is 0 Å². The van der Waals surface area contributed by atoms with Gasteiger partial charge in [-0.15, -0.1) is 0 Å². The Morgan fingerprint density at radius 3 is 2.10 bits per heavy atom. The number of carbonyl (C=O) groups excluding carboxylic acids is 1. The number of carbonyl (C=O) groups is 1. The Morgan fingerprint density at radius 2 is 1.57 bits per heavy atom. The van der Waals surface area contributed by atoms with Crippen LogP contribution in [0.2, 0.25) is 0 Å². The quantitative estimate of drug-likeness (QED) is 0.864. The number of amides is 1. The second-order valence-electron chi connectivity index (χ2n) is 7.51. The third kappa shape index (κ3) is 2.28. The van der Waals surface area contributed by atoms with E-state index in [4.69, 9.17) is 0 Å². The molecule has 3 nitrogen and oxygen atoms in total. The van der Waals surface area contributed by atoms with Crippen LogP contribution in [0.3, 0.4) is 0 Å². The molecule has 0 atom stereocenters. The zero-order valence-corrected chi connectivity index (χ0v) is 12.7. The van der Waals surface area contributed by atoms with Crippen LogP contribution in [0.1, 0.15) is 48.9 Å². The molecule has 0 heterocycles. The SMILES string of the molecule is CN(NC(=O)c1ccccc1)C12CC3CC(CC(C3)C1)C2. The number of hydrogen-bond donors (Lipinski definition) is 1. The number of hydrazine groups is 1. The molecule has 1 aromatic rings. The van der Waals surface area contributed by atoms with Crippen LogP contribution in [-0.4, -0.2) is 23.5 Å². The van der Waals surface area contributed by atoms with Gasteiger partial charge in [-0.2, -0.15) is 0 Å². The van der Waals surface area contributed by atoms with E-state index >= 15 is 0 Å². The molecule has 112 valence electrons. The first-order chi connectivity index (χ1) is 10.1. The molecule has 4 saturated carbocycles. The summed E-state index contributed by atoms with van der Waals surface area (Å²) in [7, 11) is 2.08. The minimum atomic E-state index is 0.0221. The summed E-state index contributed by atoms with van der Waals surface area (Å²) in [6.45, 7) is 0. The summed E-state index contributed by atoms with van der Waals surface area (Å²) in [4.78, 5) is 12.4. The van der Waals surface area contributed by atoms with Crippen molar-refractivity contribution in [1.29, 1.82) is 0 Å². The molecule has 4 bridgehead atoms. The van der Waals surface area contributed by atoms with Gasteiger partial charge in [0.05, 0.1) is 0 Å². The Labute approximate surface area is 126 Å². The van der Waals surface area contributed by atoms with Crippen LogP contribution in [0, 0.1) is 17.8 Å². The Kier molecular flexibility index (Phi) is 3.07. The van der Waals surface area contributed by atoms with Crippen LogP contribution in [-0.2, 0) is 0 Å². The third-order valence-corrected chi connectivity index (χ3v) is 6.02. The van der Waals surface area contributed by atoms with Gasteiger partial charge in [0, 0.05) is 18.2 Å². The lowest BCUT2D eigenvalue weighted by molar-refractivity contribution is -0.0932. The van der Waals surface area contributed by atoms with Crippen molar-refractivity contribution < 1.29 is 4.79 Å². The molecule has 3 heteroatoms. The van der Waals surface area contributed by atoms with Crippen molar-refractivity contribution in [3.05, 3.63) is 35.9 Å². The van der Waals surface area contributed by atoms with Gasteiger partial charge in [0.1, 0.15) is 0 Å². The molecule has 0 aliphatic heterocycles. The van der Waals surface area contributed by atoms with Crippen molar-refractivity contribution in [3.63, 3.8) is 0 Å². The van der Waals surface area contributed by atoms with E-state index in [1.54, 1.807) is 0 Å². The van der Waals surface area contributed by atoms with Gasteiger partial charge in [0.2, 0.25) is 0 Å². The van der Waals surface area contributed by atoms with E-state index in [0.29, 0.717) is 0 Å². The van der Waals surface area contributed by atoms with Gasteiger partial charge < -0.3 is 0 Å². The summed E-state index contributed by atoms with van der Waals surface area (Å²) in [5.41, 5.74) is 4.11. The minimum absolute atomic E-state index is 0.0221. The van der Waals surface area contributed by atoms with Gasteiger partial charge in [-0.3, -0.25) is 10.2 Å². The maximum atomic E-state index is 12.4. The lowest BCUT2D eigenvalue weighted by atomic mass is 9.53. The predicted octanol–water partition coefficient (Wildman–Crippen LogP) is 3.23. The fraction of sp³-hybridized carbons (Fsp3) is 0.611. The van der Waals surface area contributed by atoms with Crippen molar-refractivity contribution in [2.24, 2.45) is 17.8 Å². The lowest BCUT2D eigenvalue weighted by Crippen LogP contribution is -2.63. The largest absolute Gasteiger partial charge is 0.285 e. The summed E-state index contributed by atoms with van der Waals surface area (Å²) >= 11 is 0. The minimum Gasteiger partial charge on any atom is -0.285 e. The highest BCUT2D eigenvalue weighted by Crippen LogP contribution is 2.57. The van der Waals surface area contributed by atoms with Crippen molar-refractivity contribution >= 4 is 5.91 Å². The molecular formula is C18H24N2O. The second kappa shape index (κ2) is 4.84. The highest BCUT2D eigenvalue weighted by Gasteiger charge is 2.53. The van der Waals surface area contributed by atoms with E-state index in [9.17, 15) is 4.79 Å². The van der Waals surface area contributed by atoms with E-state index in [1.807, 2.05) is 30.3 Å². The van der Waals surface area contributed by atoms with Crippen molar-refractivity contribution in [2.45, 2.75) is 44.1 Å². The molecular weight excluding hydrogens is 260 g/mol.